The SMILES string of the molecule is FCOc1cc(OC(F)F)cc(Cl)c1Cl. The van der Waals surface area contributed by atoms with Gasteiger partial charge in [-0.1, -0.05) is 23.2 Å². The number of hydrogen-bond donors (Lipinski definition) is 0. The summed E-state index contributed by atoms with van der Waals surface area (Å²) in [6.07, 6.45) is 0. The van der Waals surface area contributed by atoms with E-state index < -0.39 is 13.5 Å². The van der Waals surface area contributed by atoms with Crippen LogP contribution < -0.4 is 9.47 Å². The molecule has 1 rings (SSSR count). The molecule has 0 radical (unpaired) electrons. The summed E-state index contributed by atoms with van der Waals surface area (Å²) >= 11 is 11.2. The lowest BCUT2D eigenvalue weighted by atomic mass is 10.3. The summed E-state index contributed by atoms with van der Waals surface area (Å²) in [5.74, 6) is -0.398. The second-order valence-electron chi connectivity index (χ2n) is 2.35. The zero-order valence-corrected chi connectivity index (χ0v) is 8.66. The Labute approximate surface area is 93.5 Å². The Morgan fingerprint density at radius 3 is 2.47 bits per heavy atom. The third-order valence-electron chi connectivity index (χ3n) is 1.40. The second-order valence-corrected chi connectivity index (χ2v) is 3.13. The maximum atomic E-state index is 11.9. The Bertz CT molecular complexity index is 347. The highest BCUT2D eigenvalue weighted by atomic mass is 35.5. The monoisotopic (exact) mass is 260 g/mol. The largest absolute Gasteiger partial charge is 0.461 e. The third-order valence-corrected chi connectivity index (χ3v) is 2.19. The van der Waals surface area contributed by atoms with Crippen LogP contribution in [-0.4, -0.2) is 13.5 Å². The van der Waals surface area contributed by atoms with Crippen LogP contribution in [0, 0.1) is 0 Å². The highest BCUT2D eigenvalue weighted by molar-refractivity contribution is 6.43. The predicted octanol–water partition coefficient (Wildman–Crippen LogP) is 3.90. The molecule has 0 bridgehead atoms. The topological polar surface area (TPSA) is 18.5 Å². The minimum atomic E-state index is -3.00. The fourth-order valence-electron chi connectivity index (χ4n) is 0.875. The molecule has 1 aromatic carbocycles. The summed E-state index contributed by atoms with van der Waals surface area (Å²) in [4.78, 5) is 0. The van der Waals surface area contributed by atoms with E-state index in [-0.39, 0.29) is 21.5 Å². The third kappa shape index (κ3) is 3.35. The Balaban J connectivity index is 3.00. The van der Waals surface area contributed by atoms with Gasteiger partial charge in [0, 0.05) is 12.1 Å². The fourth-order valence-corrected chi connectivity index (χ4v) is 1.24. The van der Waals surface area contributed by atoms with E-state index in [1.165, 1.54) is 0 Å². The van der Waals surface area contributed by atoms with Gasteiger partial charge < -0.3 is 9.47 Å². The van der Waals surface area contributed by atoms with Crippen molar-refractivity contribution in [1.29, 1.82) is 0 Å². The van der Waals surface area contributed by atoms with E-state index in [0.717, 1.165) is 12.1 Å². The number of ether oxygens (including phenoxy) is 2. The van der Waals surface area contributed by atoms with Crippen molar-refractivity contribution < 1.29 is 22.6 Å². The molecule has 0 saturated carbocycles. The zero-order chi connectivity index (χ0) is 11.4. The Morgan fingerprint density at radius 1 is 1.27 bits per heavy atom. The maximum absolute atomic E-state index is 11.9. The molecule has 2 nitrogen and oxygen atoms in total. The Kier molecular flexibility index (Phi) is 4.35. The highest BCUT2D eigenvalue weighted by Crippen LogP contribution is 2.36. The van der Waals surface area contributed by atoms with Crippen molar-refractivity contribution in [2.45, 2.75) is 6.61 Å². The minimum absolute atomic E-state index is 0.0572. The first-order valence-electron chi connectivity index (χ1n) is 3.67. The molecule has 0 atom stereocenters. The molecule has 0 saturated heterocycles. The maximum Gasteiger partial charge on any atom is 0.387 e. The fraction of sp³-hybridized carbons (Fsp3) is 0.250. The average molecular weight is 261 g/mol. The van der Waals surface area contributed by atoms with Gasteiger partial charge in [0.05, 0.1) is 5.02 Å². The van der Waals surface area contributed by atoms with E-state index in [9.17, 15) is 13.2 Å². The summed E-state index contributed by atoms with van der Waals surface area (Å²) in [7, 11) is 0. The van der Waals surface area contributed by atoms with Crippen LogP contribution in [-0.2, 0) is 0 Å². The first-order valence-corrected chi connectivity index (χ1v) is 4.42. The van der Waals surface area contributed by atoms with Crippen LogP contribution in [0.15, 0.2) is 12.1 Å². The molecule has 1 aromatic rings. The van der Waals surface area contributed by atoms with Crippen LogP contribution in [0.4, 0.5) is 13.2 Å². The molecular formula is C8H5Cl2F3O2. The number of rotatable bonds is 4. The molecule has 0 N–H and O–H groups in total. The van der Waals surface area contributed by atoms with Crippen molar-refractivity contribution in [2.24, 2.45) is 0 Å². The average Bonchev–Trinajstić information content (AvgIpc) is 2.12. The van der Waals surface area contributed by atoms with Crippen LogP contribution in [0.3, 0.4) is 0 Å². The molecule has 7 heteroatoms. The van der Waals surface area contributed by atoms with Crippen molar-refractivity contribution in [3.63, 3.8) is 0 Å². The number of halogens is 5. The van der Waals surface area contributed by atoms with Crippen LogP contribution >= 0.6 is 23.2 Å². The van der Waals surface area contributed by atoms with Crippen molar-refractivity contribution in [3.05, 3.63) is 22.2 Å². The Morgan fingerprint density at radius 2 is 1.93 bits per heavy atom. The normalized spacial score (nSPS) is 10.5. The summed E-state index contributed by atoms with van der Waals surface area (Å²) < 4.78 is 44.1. The van der Waals surface area contributed by atoms with Gasteiger partial charge in [0.2, 0.25) is 6.86 Å². The van der Waals surface area contributed by atoms with Crippen LogP contribution in [0.1, 0.15) is 0 Å². The lowest BCUT2D eigenvalue weighted by Gasteiger charge is -2.09. The van der Waals surface area contributed by atoms with Gasteiger partial charge in [-0.25, -0.2) is 4.39 Å². The molecule has 15 heavy (non-hydrogen) atoms. The van der Waals surface area contributed by atoms with Gasteiger partial charge in [0.1, 0.15) is 16.5 Å². The van der Waals surface area contributed by atoms with E-state index in [4.69, 9.17) is 23.2 Å². The van der Waals surface area contributed by atoms with Crippen LogP contribution in [0.2, 0.25) is 10.0 Å². The van der Waals surface area contributed by atoms with E-state index in [0.29, 0.717) is 0 Å². The van der Waals surface area contributed by atoms with Gasteiger partial charge >= 0.3 is 6.61 Å². The number of hydrogen-bond acceptors (Lipinski definition) is 2. The van der Waals surface area contributed by atoms with Gasteiger partial charge in [0.25, 0.3) is 0 Å². The highest BCUT2D eigenvalue weighted by Gasteiger charge is 2.12. The second kappa shape index (κ2) is 5.32. The minimum Gasteiger partial charge on any atom is -0.461 e. The van der Waals surface area contributed by atoms with Gasteiger partial charge in [-0.3, -0.25) is 0 Å². The van der Waals surface area contributed by atoms with Gasteiger partial charge in [-0.2, -0.15) is 8.78 Å². The van der Waals surface area contributed by atoms with Gasteiger partial charge in [-0.05, 0) is 0 Å². The molecule has 0 unspecified atom stereocenters. The first kappa shape index (κ1) is 12.3. The molecule has 0 amide bonds. The van der Waals surface area contributed by atoms with Crippen LogP contribution in [0.25, 0.3) is 0 Å². The van der Waals surface area contributed by atoms with Crippen molar-refractivity contribution in [3.8, 4) is 11.5 Å². The first-order chi connectivity index (χ1) is 7.04. The lowest BCUT2D eigenvalue weighted by Crippen LogP contribution is -2.02. The van der Waals surface area contributed by atoms with Crippen molar-refractivity contribution >= 4 is 23.2 Å². The summed E-state index contributed by atoms with van der Waals surface area (Å²) in [6, 6.07) is 2.11. The number of benzene rings is 1. The van der Waals surface area contributed by atoms with Crippen molar-refractivity contribution in [1.82, 2.24) is 0 Å². The van der Waals surface area contributed by atoms with E-state index >= 15 is 0 Å². The molecule has 0 heterocycles. The molecule has 84 valence electrons. The zero-order valence-electron chi connectivity index (χ0n) is 7.15. The smallest absolute Gasteiger partial charge is 0.387 e. The summed E-state index contributed by atoms with van der Waals surface area (Å²) in [5.41, 5.74) is 0. The lowest BCUT2D eigenvalue weighted by molar-refractivity contribution is -0.0499. The summed E-state index contributed by atoms with van der Waals surface area (Å²) in [5, 5.41) is -0.116. The molecule has 0 spiro atoms. The van der Waals surface area contributed by atoms with E-state index in [1.54, 1.807) is 0 Å². The molecule has 0 aromatic heterocycles. The van der Waals surface area contributed by atoms with E-state index in [2.05, 4.69) is 9.47 Å². The van der Waals surface area contributed by atoms with Crippen molar-refractivity contribution in [2.75, 3.05) is 6.86 Å². The Hall–Kier alpha value is -0.810. The molecule has 0 aliphatic carbocycles. The quantitative estimate of drug-likeness (QED) is 0.818. The van der Waals surface area contributed by atoms with E-state index in [1.807, 2.05) is 0 Å². The molecule has 0 fully saturated rings. The van der Waals surface area contributed by atoms with Crippen LogP contribution in [0.5, 0.6) is 11.5 Å². The molecular weight excluding hydrogens is 256 g/mol. The summed E-state index contributed by atoms with van der Waals surface area (Å²) in [6.45, 7) is -4.14. The molecule has 0 aliphatic rings. The predicted molar refractivity (Wildman–Crippen MR) is 49.7 cm³/mol. The molecule has 0 aliphatic heterocycles. The van der Waals surface area contributed by atoms with Gasteiger partial charge in [-0.15, -0.1) is 0 Å². The standard InChI is InChI=1S/C8H5Cl2F3O2/c9-5-1-4(15-8(12)13)2-6(7(5)10)14-3-11/h1-2,8H,3H2. The van der Waals surface area contributed by atoms with Gasteiger partial charge in [0.15, 0.2) is 0 Å². The number of alkyl halides is 3.